The fraction of sp³-hybridized carbons (Fsp3) is 0.500. The van der Waals surface area contributed by atoms with Crippen molar-refractivity contribution in [2.75, 3.05) is 6.61 Å². The van der Waals surface area contributed by atoms with E-state index in [0.717, 1.165) is 24.2 Å². The molecule has 0 unspecified atom stereocenters. The number of alkyl halides is 3. The highest BCUT2D eigenvalue weighted by molar-refractivity contribution is 5.91. The van der Waals surface area contributed by atoms with Crippen LogP contribution in [-0.2, 0) is 11.3 Å². The third-order valence-electron chi connectivity index (χ3n) is 5.37. The predicted octanol–water partition coefficient (Wildman–Crippen LogP) is 5.91. The molecule has 29 heavy (non-hydrogen) atoms. The molecular weight excluding hydrogens is 383 g/mol. The molecule has 1 aliphatic rings. The van der Waals surface area contributed by atoms with Crippen LogP contribution in [-0.4, -0.2) is 23.3 Å². The van der Waals surface area contributed by atoms with Crippen LogP contribution in [0, 0.1) is 13.8 Å². The summed E-state index contributed by atoms with van der Waals surface area (Å²) in [5, 5.41) is 0. The highest BCUT2D eigenvalue weighted by atomic mass is 19.4. The van der Waals surface area contributed by atoms with Crippen LogP contribution in [0.3, 0.4) is 0 Å². The van der Waals surface area contributed by atoms with Crippen LogP contribution in [0.25, 0.3) is 0 Å². The van der Waals surface area contributed by atoms with Gasteiger partial charge in [0.15, 0.2) is 6.61 Å². The summed E-state index contributed by atoms with van der Waals surface area (Å²) >= 11 is 0. The maximum absolute atomic E-state index is 12.7. The first kappa shape index (κ1) is 21.3. The quantitative estimate of drug-likeness (QED) is 0.557. The molecule has 0 N–H and O–H groups in total. The Hall–Kier alpha value is -2.44. The minimum absolute atomic E-state index is 0.0605. The summed E-state index contributed by atoms with van der Waals surface area (Å²) in [5.41, 5.74) is 2.80. The number of aromatic nitrogens is 1. The standard InChI is InChI=1S/C22H26F3NO3/c1-15-12-19(16(2)26(15)18-9-4-3-5-10-18)21(27)28-13-17-8-6-7-11-20(17)29-14-22(23,24)25/h6-8,11-12,18H,3-5,9-10,13-14H2,1-2H3. The molecule has 158 valence electrons. The minimum atomic E-state index is -4.43. The average molecular weight is 409 g/mol. The van der Waals surface area contributed by atoms with Gasteiger partial charge in [-0.25, -0.2) is 4.79 Å². The second kappa shape index (κ2) is 8.93. The molecule has 0 saturated heterocycles. The maximum atomic E-state index is 12.7. The molecule has 1 aromatic heterocycles. The SMILES string of the molecule is Cc1cc(C(=O)OCc2ccccc2OCC(F)(F)F)c(C)n1C1CCCCC1. The summed E-state index contributed by atoms with van der Waals surface area (Å²) in [7, 11) is 0. The predicted molar refractivity (Wildman–Crippen MR) is 103 cm³/mol. The molecule has 0 spiro atoms. The van der Waals surface area contributed by atoms with Crippen molar-refractivity contribution < 1.29 is 27.4 Å². The molecule has 4 nitrogen and oxygen atoms in total. The maximum Gasteiger partial charge on any atom is 0.422 e. The lowest BCUT2D eigenvalue weighted by molar-refractivity contribution is -0.153. The highest BCUT2D eigenvalue weighted by Crippen LogP contribution is 2.32. The minimum Gasteiger partial charge on any atom is -0.484 e. The van der Waals surface area contributed by atoms with Crippen LogP contribution in [0.4, 0.5) is 13.2 Å². The largest absolute Gasteiger partial charge is 0.484 e. The molecule has 1 fully saturated rings. The van der Waals surface area contributed by atoms with Gasteiger partial charge in [0, 0.05) is 23.0 Å². The molecule has 7 heteroatoms. The number of rotatable bonds is 6. The number of halogens is 3. The van der Waals surface area contributed by atoms with E-state index in [1.807, 2.05) is 19.9 Å². The van der Waals surface area contributed by atoms with Gasteiger partial charge >= 0.3 is 12.1 Å². The molecule has 2 aromatic rings. The third-order valence-corrected chi connectivity index (χ3v) is 5.37. The van der Waals surface area contributed by atoms with Crippen molar-refractivity contribution in [1.82, 2.24) is 4.57 Å². The van der Waals surface area contributed by atoms with Gasteiger partial charge in [0.1, 0.15) is 12.4 Å². The van der Waals surface area contributed by atoms with Crippen LogP contribution in [0.2, 0.25) is 0 Å². The van der Waals surface area contributed by atoms with Crippen molar-refractivity contribution in [1.29, 1.82) is 0 Å². The topological polar surface area (TPSA) is 40.5 Å². The number of aryl methyl sites for hydroxylation is 1. The van der Waals surface area contributed by atoms with Crippen molar-refractivity contribution in [2.45, 2.75) is 64.8 Å². The van der Waals surface area contributed by atoms with E-state index in [-0.39, 0.29) is 12.4 Å². The molecule has 0 amide bonds. The molecule has 0 aliphatic heterocycles. The zero-order chi connectivity index (χ0) is 21.0. The highest BCUT2D eigenvalue weighted by Gasteiger charge is 2.29. The molecule has 0 atom stereocenters. The number of hydrogen-bond donors (Lipinski definition) is 0. The van der Waals surface area contributed by atoms with E-state index in [0.29, 0.717) is 17.2 Å². The summed E-state index contributed by atoms with van der Waals surface area (Å²) in [4.78, 5) is 12.7. The second-order valence-electron chi connectivity index (χ2n) is 7.53. The van der Waals surface area contributed by atoms with Crippen molar-refractivity contribution in [2.24, 2.45) is 0 Å². The summed E-state index contributed by atoms with van der Waals surface area (Å²) in [6, 6.07) is 8.50. The van der Waals surface area contributed by atoms with E-state index in [9.17, 15) is 18.0 Å². The Balaban J connectivity index is 1.69. The first-order valence-corrected chi connectivity index (χ1v) is 9.89. The second-order valence-corrected chi connectivity index (χ2v) is 7.53. The molecule has 1 heterocycles. The zero-order valence-corrected chi connectivity index (χ0v) is 16.7. The Labute approximate surface area is 168 Å². The number of benzene rings is 1. The molecular formula is C22H26F3NO3. The van der Waals surface area contributed by atoms with Gasteiger partial charge in [-0.3, -0.25) is 0 Å². The van der Waals surface area contributed by atoms with E-state index in [4.69, 9.17) is 9.47 Å². The van der Waals surface area contributed by atoms with E-state index in [1.54, 1.807) is 18.2 Å². The van der Waals surface area contributed by atoms with Gasteiger partial charge in [0.05, 0.1) is 5.56 Å². The Morgan fingerprint density at radius 3 is 2.52 bits per heavy atom. The van der Waals surface area contributed by atoms with Gasteiger partial charge in [0.25, 0.3) is 0 Å². The van der Waals surface area contributed by atoms with Gasteiger partial charge in [-0.1, -0.05) is 37.5 Å². The van der Waals surface area contributed by atoms with Crippen LogP contribution in [0.15, 0.2) is 30.3 Å². The first-order chi connectivity index (χ1) is 13.8. The molecule has 3 rings (SSSR count). The smallest absolute Gasteiger partial charge is 0.422 e. The number of ether oxygens (including phenoxy) is 2. The number of esters is 1. The lowest BCUT2D eigenvalue weighted by Gasteiger charge is -2.26. The summed E-state index contributed by atoms with van der Waals surface area (Å²) in [5.74, 6) is -0.420. The van der Waals surface area contributed by atoms with Crippen LogP contribution in [0.1, 0.15) is 65.5 Å². The number of carbonyl (C=O) groups excluding carboxylic acids is 1. The number of carbonyl (C=O) groups is 1. The van der Waals surface area contributed by atoms with E-state index >= 15 is 0 Å². The molecule has 0 bridgehead atoms. The van der Waals surface area contributed by atoms with E-state index in [1.165, 1.54) is 25.3 Å². The Bertz CT molecular complexity index is 851. The van der Waals surface area contributed by atoms with Gasteiger partial charge in [-0.05, 0) is 38.8 Å². The lowest BCUT2D eigenvalue weighted by atomic mass is 9.95. The number of nitrogens with zero attached hydrogens (tertiary/aromatic N) is 1. The molecule has 1 aliphatic carbocycles. The van der Waals surface area contributed by atoms with E-state index in [2.05, 4.69) is 4.57 Å². The normalized spacial score (nSPS) is 15.3. The fourth-order valence-corrected chi connectivity index (χ4v) is 4.03. The van der Waals surface area contributed by atoms with Crippen molar-refractivity contribution >= 4 is 5.97 Å². The number of para-hydroxylation sites is 1. The van der Waals surface area contributed by atoms with Gasteiger partial charge < -0.3 is 14.0 Å². The summed E-state index contributed by atoms with van der Waals surface area (Å²) in [6.45, 7) is 2.36. The van der Waals surface area contributed by atoms with Gasteiger partial charge in [-0.2, -0.15) is 13.2 Å². The Morgan fingerprint density at radius 1 is 1.14 bits per heavy atom. The summed E-state index contributed by atoms with van der Waals surface area (Å²) in [6.07, 6.45) is 1.41. The van der Waals surface area contributed by atoms with Crippen molar-refractivity contribution in [3.63, 3.8) is 0 Å². The Morgan fingerprint density at radius 2 is 1.83 bits per heavy atom. The third kappa shape index (κ3) is 5.34. The van der Waals surface area contributed by atoms with Crippen molar-refractivity contribution in [3.8, 4) is 5.75 Å². The first-order valence-electron chi connectivity index (χ1n) is 9.89. The zero-order valence-electron chi connectivity index (χ0n) is 16.7. The molecule has 1 saturated carbocycles. The number of hydrogen-bond acceptors (Lipinski definition) is 3. The average Bonchev–Trinajstić information content (AvgIpc) is 2.99. The Kier molecular flexibility index (Phi) is 6.55. The molecule has 1 aromatic carbocycles. The molecule has 0 radical (unpaired) electrons. The van der Waals surface area contributed by atoms with Gasteiger partial charge in [0.2, 0.25) is 0 Å². The lowest BCUT2D eigenvalue weighted by Crippen LogP contribution is -2.20. The monoisotopic (exact) mass is 409 g/mol. The van der Waals surface area contributed by atoms with Crippen LogP contribution in [0.5, 0.6) is 5.75 Å². The summed E-state index contributed by atoms with van der Waals surface area (Å²) < 4.78 is 49.8. The van der Waals surface area contributed by atoms with Crippen LogP contribution >= 0.6 is 0 Å². The fourth-order valence-electron chi connectivity index (χ4n) is 4.03. The van der Waals surface area contributed by atoms with Crippen LogP contribution < -0.4 is 4.74 Å². The van der Waals surface area contributed by atoms with E-state index < -0.39 is 18.8 Å². The van der Waals surface area contributed by atoms with Gasteiger partial charge in [-0.15, -0.1) is 0 Å². The van der Waals surface area contributed by atoms with Crippen molar-refractivity contribution in [3.05, 3.63) is 52.8 Å².